The quantitative estimate of drug-likeness (QED) is 0.688. The van der Waals surface area contributed by atoms with E-state index in [-0.39, 0.29) is 30.2 Å². The smallest absolute Gasteiger partial charge is 0.251 e. The minimum atomic E-state index is -0.599. The fraction of sp³-hybridized carbons (Fsp3) is 0.316. The van der Waals surface area contributed by atoms with Gasteiger partial charge in [0.1, 0.15) is 10.8 Å². The number of nitrogens with one attached hydrogen (secondary N) is 1. The lowest BCUT2D eigenvalue weighted by atomic mass is 10.2. The zero-order valence-electron chi connectivity index (χ0n) is 15.4. The van der Waals surface area contributed by atoms with E-state index in [9.17, 15) is 14.4 Å². The molecule has 2 rings (SSSR count). The molecule has 0 fully saturated rings. The molecule has 0 aliphatic carbocycles. The summed E-state index contributed by atoms with van der Waals surface area (Å²) in [5, 5.41) is 4.71. The fourth-order valence-corrected chi connectivity index (χ4v) is 3.23. The van der Waals surface area contributed by atoms with Gasteiger partial charge in [0.05, 0.1) is 12.2 Å². The molecule has 144 valence electrons. The molecule has 0 atom stereocenters. The normalized spacial score (nSPS) is 10.3. The first-order valence-corrected chi connectivity index (χ1v) is 9.41. The Labute approximate surface area is 162 Å². The van der Waals surface area contributed by atoms with Crippen molar-refractivity contribution in [3.8, 4) is 5.75 Å². The lowest BCUT2D eigenvalue weighted by Crippen LogP contribution is -2.27. The molecule has 0 saturated heterocycles. The number of nitrogens with zero attached hydrogens (tertiary/aromatic N) is 1. The van der Waals surface area contributed by atoms with Gasteiger partial charge < -0.3 is 20.7 Å². The Balaban J connectivity index is 1.81. The maximum Gasteiger partial charge on any atom is 0.251 e. The molecule has 3 N–H and O–H groups in total. The molecule has 0 bridgehead atoms. The van der Waals surface area contributed by atoms with Gasteiger partial charge in [-0.05, 0) is 36.1 Å². The van der Waals surface area contributed by atoms with Gasteiger partial charge >= 0.3 is 0 Å². The molecule has 8 heteroatoms. The SMILES string of the molecule is CCOc1ccc(CN(C)C(=O)CCC(=O)Nc2sccc2C(N)=O)cc1. The van der Waals surface area contributed by atoms with Gasteiger partial charge in [-0.2, -0.15) is 0 Å². The first-order valence-electron chi connectivity index (χ1n) is 8.53. The topological polar surface area (TPSA) is 102 Å². The fourth-order valence-electron chi connectivity index (χ4n) is 2.42. The number of hydrogen-bond acceptors (Lipinski definition) is 5. The Morgan fingerprint density at radius 1 is 1.15 bits per heavy atom. The van der Waals surface area contributed by atoms with Crippen LogP contribution in [0, 0.1) is 0 Å². The molecule has 2 aromatic rings. The van der Waals surface area contributed by atoms with Crippen molar-refractivity contribution in [3.05, 3.63) is 46.8 Å². The second kappa shape index (κ2) is 9.72. The summed E-state index contributed by atoms with van der Waals surface area (Å²) in [4.78, 5) is 37.1. The summed E-state index contributed by atoms with van der Waals surface area (Å²) < 4.78 is 5.39. The molecule has 27 heavy (non-hydrogen) atoms. The highest BCUT2D eigenvalue weighted by atomic mass is 32.1. The number of rotatable bonds is 9. The molecule has 1 aromatic carbocycles. The van der Waals surface area contributed by atoms with Crippen molar-refractivity contribution in [1.29, 1.82) is 0 Å². The Morgan fingerprint density at radius 3 is 2.48 bits per heavy atom. The molecule has 0 spiro atoms. The molecule has 0 radical (unpaired) electrons. The Bertz CT molecular complexity index is 802. The van der Waals surface area contributed by atoms with Crippen molar-refractivity contribution < 1.29 is 19.1 Å². The summed E-state index contributed by atoms with van der Waals surface area (Å²) in [6, 6.07) is 9.09. The van der Waals surface area contributed by atoms with Crippen molar-refractivity contribution in [2.75, 3.05) is 19.0 Å². The molecule has 1 aromatic heterocycles. The lowest BCUT2D eigenvalue weighted by Gasteiger charge is -2.17. The third kappa shape index (κ3) is 6.10. The zero-order valence-corrected chi connectivity index (χ0v) is 16.2. The number of carbonyl (C=O) groups is 3. The molecule has 3 amide bonds. The maximum absolute atomic E-state index is 12.2. The highest BCUT2D eigenvalue weighted by molar-refractivity contribution is 7.14. The van der Waals surface area contributed by atoms with E-state index in [4.69, 9.17) is 10.5 Å². The summed E-state index contributed by atoms with van der Waals surface area (Å²) in [5.74, 6) is -0.281. The van der Waals surface area contributed by atoms with E-state index in [1.807, 2.05) is 31.2 Å². The molecule has 0 aliphatic rings. The summed E-state index contributed by atoms with van der Waals surface area (Å²) in [7, 11) is 1.70. The minimum absolute atomic E-state index is 0.0303. The van der Waals surface area contributed by atoms with Crippen LogP contribution in [0.1, 0.15) is 35.7 Å². The number of ether oxygens (including phenoxy) is 1. The molecule has 7 nitrogen and oxygen atoms in total. The van der Waals surface area contributed by atoms with Crippen LogP contribution in [0.3, 0.4) is 0 Å². The number of thiophene rings is 1. The first-order chi connectivity index (χ1) is 12.9. The Kier molecular flexibility index (Phi) is 7.36. The number of hydrogen-bond donors (Lipinski definition) is 2. The average molecular weight is 389 g/mol. The number of primary amides is 1. The largest absolute Gasteiger partial charge is 0.494 e. The second-order valence-corrected chi connectivity index (χ2v) is 6.82. The van der Waals surface area contributed by atoms with Gasteiger partial charge in [0.2, 0.25) is 11.8 Å². The average Bonchev–Trinajstić information content (AvgIpc) is 3.10. The summed E-state index contributed by atoms with van der Waals surface area (Å²) in [6.45, 7) is 2.97. The van der Waals surface area contributed by atoms with Crippen molar-refractivity contribution in [2.24, 2.45) is 5.73 Å². The third-order valence-corrected chi connectivity index (χ3v) is 4.66. The number of benzene rings is 1. The van der Waals surface area contributed by atoms with Crippen molar-refractivity contribution in [3.63, 3.8) is 0 Å². The van der Waals surface area contributed by atoms with Crippen LogP contribution < -0.4 is 15.8 Å². The van der Waals surface area contributed by atoms with Gasteiger partial charge in [-0.3, -0.25) is 14.4 Å². The molecule has 0 unspecified atom stereocenters. The predicted octanol–water partition coefficient (Wildman–Crippen LogP) is 2.62. The van der Waals surface area contributed by atoms with Gasteiger partial charge in [0, 0.05) is 26.4 Å². The first kappa shape index (κ1) is 20.4. The maximum atomic E-state index is 12.2. The molecular formula is C19H23N3O4S. The third-order valence-electron chi connectivity index (χ3n) is 3.83. The van der Waals surface area contributed by atoms with Gasteiger partial charge in [0.15, 0.2) is 0 Å². The summed E-state index contributed by atoms with van der Waals surface area (Å²) >= 11 is 1.21. The van der Waals surface area contributed by atoms with Crippen LogP contribution in [-0.4, -0.2) is 36.3 Å². The van der Waals surface area contributed by atoms with Crippen LogP contribution in [0.4, 0.5) is 5.00 Å². The molecule has 0 saturated carbocycles. The van der Waals surface area contributed by atoms with Crippen LogP contribution in [0.25, 0.3) is 0 Å². The van der Waals surface area contributed by atoms with Crippen LogP contribution in [0.5, 0.6) is 5.75 Å². The zero-order chi connectivity index (χ0) is 19.8. The molecular weight excluding hydrogens is 366 g/mol. The van der Waals surface area contributed by atoms with Crippen LogP contribution in [0.2, 0.25) is 0 Å². The standard InChI is InChI=1S/C19H23N3O4S/c1-3-26-14-6-4-13(5-7-14)12-22(2)17(24)9-8-16(23)21-19-15(18(20)25)10-11-27-19/h4-7,10-11H,3,8-9,12H2,1-2H3,(H2,20,25)(H,21,23). The highest BCUT2D eigenvalue weighted by Gasteiger charge is 2.15. The van der Waals surface area contributed by atoms with Crippen molar-refractivity contribution >= 4 is 34.1 Å². The summed E-state index contributed by atoms with van der Waals surface area (Å²) in [6.07, 6.45) is 0.110. The van der Waals surface area contributed by atoms with Gasteiger partial charge in [-0.1, -0.05) is 12.1 Å². The van der Waals surface area contributed by atoms with E-state index >= 15 is 0 Å². The number of nitrogens with two attached hydrogens (primary N) is 1. The minimum Gasteiger partial charge on any atom is -0.494 e. The number of anilines is 1. The van der Waals surface area contributed by atoms with E-state index in [0.29, 0.717) is 18.2 Å². The lowest BCUT2D eigenvalue weighted by molar-refractivity contribution is -0.132. The molecule has 1 heterocycles. The Morgan fingerprint density at radius 2 is 1.85 bits per heavy atom. The van der Waals surface area contributed by atoms with Gasteiger partial charge in [-0.25, -0.2) is 0 Å². The van der Waals surface area contributed by atoms with Crippen molar-refractivity contribution in [2.45, 2.75) is 26.3 Å². The monoisotopic (exact) mass is 389 g/mol. The molecule has 0 aliphatic heterocycles. The van der Waals surface area contributed by atoms with Gasteiger partial charge in [-0.15, -0.1) is 11.3 Å². The van der Waals surface area contributed by atoms with E-state index in [2.05, 4.69) is 5.32 Å². The van der Waals surface area contributed by atoms with E-state index in [0.717, 1.165) is 11.3 Å². The number of amides is 3. The van der Waals surface area contributed by atoms with E-state index < -0.39 is 5.91 Å². The van der Waals surface area contributed by atoms with Crippen LogP contribution >= 0.6 is 11.3 Å². The number of carbonyl (C=O) groups excluding carboxylic acids is 3. The predicted molar refractivity (Wildman–Crippen MR) is 105 cm³/mol. The van der Waals surface area contributed by atoms with Crippen LogP contribution in [0.15, 0.2) is 35.7 Å². The van der Waals surface area contributed by atoms with E-state index in [1.165, 1.54) is 11.3 Å². The summed E-state index contributed by atoms with van der Waals surface area (Å²) in [5.41, 5.74) is 6.49. The second-order valence-electron chi connectivity index (χ2n) is 5.90. The van der Waals surface area contributed by atoms with Crippen molar-refractivity contribution in [1.82, 2.24) is 4.90 Å². The highest BCUT2D eigenvalue weighted by Crippen LogP contribution is 2.23. The Hall–Kier alpha value is -2.87. The van der Waals surface area contributed by atoms with Gasteiger partial charge in [0.25, 0.3) is 5.91 Å². The van der Waals surface area contributed by atoms with E-state index in [1.54, 1.807) is 23.4 Å². The van der Waals surface area contributed by atoms with Crippen LogP contribution in [-0.2, 0) is 16.1 Å².